The predicted octanol–water partition coefficient (Wildman–Crippen LogP) is 0.577. The van der Waals surface area contributed by atoms with Gasteiger partial charge >= 0.3 is 0 Å². The normalized spacial score (nSPS) is 20.9. The van der Waals surface area contributed by atoms with Gasteiger partial charge in [-0.25, -0.2) is 5.01 Å². The molecule has 0 bridgehead atoms. The van der Waals surface area contributed by atoms with Crippen LogP contribution in [0.5, 0.6) is 0 Å². The standard InChI is InChI=1S/C16H22N2O5S2/c1-10(20)18-14(7-12(21)15(23)13(22)8-19)25-16(17-18)24-9-11-5-3-2-4-6-11/h2-6,12-15,19,21-23H,7-9H2,1H3/t12-,13-,14?,15+/m0/s1. The number of thioether (sulfide) groups is 2. The molecule has 1 heterocycles. The van der Waals surface area contributed by atoms with Crippen molar-refractivity contribution in [3.8, 4) is 0 Å². The molecule has 0 radical (unpaired) electrons. The van der Waals surface area contributed by atoms with E-state index in [2.05, 4.69) is 5.10 Å². The first kappa shape index (κ1) is 20.2. The first-order valence-corrected chi connectivity index (χ1v) is 9.65. The van der Waals surface area contributed by atoms with Gasteiger partial charge in [0.25, 0.3) is 0 Å². The van der Waals surface area contributed by atoms with Crippen molar-refractivity contribution in [1.29, 1.82) is 0 Å². The van der Waals surface area contributed by atoms with Gasteiger partial charge < -0.3 is 20.4 Å². The zero-order chi connectivity index (χ0) is 18.4. The SMILES string of the molecule is CC(=O)N1N=C(SCc2ccccc2)SC1C[C@H](O)[C@@H](O)[C@@H](O)CO. The molecule has 9 heteroatoms. The van der Waals surface area contributed by atoms with Crippen molar-refractivity contribution in [2.24, 2.45) is 5.10 Å². The van der Waals surface area contributed by atoms with Crippen LogP contribution in [0.15, 0.2) is 35.4 Å². The van der Waals surface area contributed by atoms with E-state index in [4.69, 9.17) is 5.11 Å². The van der Waals surface area contributed by atoms with E-state index in [9.17, 15) is 20.1 Å². The Kier molecular flexibility index (Phi) is 7.73. The van der Waals surface area contributed by atoms with Crippen molar-refractivity contribution in [2.75, 3.05) is 6.61 Å². The van der Waals surface area contributed by atoms with Crippen molar-refractivity contribution in [2.45, 2.75) is 42.8 Å². The number of carbonyl (C=O) groups is 1. The molecule has 138 valence electrons. The van der Waals surface area contributed by atoms with Crippen LogP contribution in [0.1, 0.15) is 18.9 Å². The fourth-order valence-electron chi connectivity index (χ4n) is 2.26. The Labute approximate surface area is 154 Å². The van der Waals surface area contributed by atoms with Crippen LogP contribution in [0.3, 0.4) is 0 Å². The minimum atomic E-state index is -1.49. The number of benzene rings is 1. The van der Waals surface area contributed by atoms with Crippen molar-refractivity contribution < 1.29 is 25.2 Å². The highest BCUT2D eigenvalue weighted by Gasteiger charge is 2.35. The van der Waals surface area contributed by atoms with E-state index < -0.39 is 30.3 Å². The Bertz CT molecular complexity index is 601. The number of hydrogen-bond donors (Lipinski definition) is 4. The van der Waals surface area contributed by atoms with E-state index in [0.717, 1.165) is 5.56 Å². The second-order valence-corrected chi connectivity index (χ2v) is 8.01. The van der Waals surface area contributed by atoms with Crippen LogP contribution in [0.4, 0.5) is 0 Å². The quantitative estimate of drug-likeness (QED) is 0.542. The highest BCUT2D eigenvalue weighted by atomic mass is 32.2. The van der Waals surface area contributed by atoms with E-state index in [1.807, 2.05) is 30.3 Å². The average molecular weight is 386 g/mol. The maximum absolute atomic E-state index is 11.8. The Morgan fingerprint density at radius 1 is 1.28 bits per heavy atom. The summed E-state index contributed by atoms with van der Waals surface area (Å²) in [5, 5.41) is 43.2. The highest BCUT2D eigenvalue weighted by Crippen LogP contribution is 2.36. The lowest BCUT2D eigenvalue weighted by molar-refractivity contribution is -0.130. The summed E-state index contributed by atoms with van der Waals surface area (Å²) in [7, 11) is 0. The predicted molar refractivity (Wildman–Crippen MR) is 98.8 cm³/mol. The molecule has 2 rings (SSSR count). The molecule has 1 unspecified atom stereocenters. The summed E-state index contributed by atoms with van der Waals surface area (Å²) in [5.41, 5.74) is 1.13. The lowest BCUT2D eigenvalue weighted by Crippen LogP contribution is -2.43. The third-order valence-electron chi connectivity index (χ3n) is 3.65. The molecule has 0 saturated heterocycles. The second-order valence-electron chi connectivity index (χ2n) is 5.62. The van der Waals surface area contributed by atoms with Crippen LogP contribution in [0.25, 0.3) is 0 Å². The fraction of sp³-hybridized carbons (Fsp3) is 0.500. The fourth-order valence-corrected chi connectivity index (χ4v) is 4.62. The smallest absolute Gasteiger partial charge is 0.240 e. The maximum atomic E-state index is 11.8. The molecule has 0 saturated carbocycles. The monoisotopic (exact) mass is 386 g/mol. The Balaban J connectivity index is 1.95. The highest BCUT2D eigenvalue weighted by molar-refractivity contribution is 8.39. The van der Waals surface area contributed by atoms with Gasteiger partial charge in [-0.15, -0.1) is 0 Å². The number of carbonyl (C=O) groups excluding carboxylic acids is 1. The van der Waals surface area contributed by atoms with E-state index in [1.54, 1.807) is 0 Å². The van der Waals surface area contributed by atoms with Crippen LogP contribution in [-0.2, 0) is 10.5 Å². The van der Waals surface area contributed by atoms with Gasteiger partial charge in [-0.1, -0.05) is 53.9 Å². The first-order valence-electron chi connectivity index (χ1n) is 7.79. The topological polar surface area (TPSA) is 114 Å². The minimum Gasteiger partial charge on any atom is -0.394 e. The van der Waals surface area contributed by atoms with Crippen LogP contribution in [0, 0.1) is 0 Å². The molecular formula is C16H22N2O5S2. The summed E-state index contributed by atoms with van der Waals surface area (Å²) in [6.45, 7) is 0.731. The zero-order valence-electron chi connectivity index (χ0n) is 13.7. The van der Waals surface area contributed by atoms with Crippen LogP contribution < -0.4 is 0 Å². The number of hydrogen-bond acceptors (Lipinski definition) is 8. The van der Waals surface area contributed by atoms with Gasteiger partial charge in [0.1, 0.15) is 17.6 Å². The molecule has 1 amide bonds. The molecular weight excluding hydrogens is 364 g/mol. The number of rotatable bonds is 7. The molecule has 1 aromatic rings. The van der Waals surface area contributed by atoms with Gasteiger partial charge in [-0.05, 0) is 5.56 Å². The maximum Gasteiger partial charge on any atom is 0.240 e. The number of amides is 1. The lowest BCUT2D eigenvalue weighted by Gasteiger charge is -2.26. The first-order chi connectivity index (χ1) is 11.9. The van der Waals surface area contributed by atoms with Gasteiger partial charge in [0, 0.05) is 19.1 Å². The Hall–Kier alpha value is -1.10. The molecule has 4 N–H and O–H groups in total. The van der Waals surface area contributed by atoms with Gasteiger partial charge in [0.05, 0.1) is 12.7 Å². The van der Waals surface area contributed by atoms with Crippen molar-refractivity contribution >= 4 is 33.8 Å². The third-order valence-corrected chi connectivity index (χ3v) is 6.04. The second kappa shape index (κ2) is 9.56. The van der Waals surface area contributed by atoms with Crippen molar-refractivity contribution in [3.63, 3.8) is 0 Å². The van der Waals surface area contributed by atoms with Crippen LogP contribution in [-0.4, -0.2) is 66.0 Å². The van der Waals surface area contributed by atoms with E-state index in [-0.39, 0.29) is 12.3 Å². The van der Waals surface area contributed by atoms with Crippen LogP contribution >= 0.6 is 23.5 Å². The Morgan fingerprint density at radius 3 is 2.56 bits per heavy atom. The molecule has 1 aliphatic rings. The summed E-state index contributed by atoms with van der Waals surface area (Å²) in [6.07, 6.45) is -4.17. The van der Waals surface area contributed by atoms with Gasteiger partial charge in [-0.3, -0.25) is 4.79 Å². The van der Waals surface area contributed by atoms with Gasteiger partial charge in [0.2, 0.25) is 5.91 Å². The summed E-state index contributed by atoms with van der Waals surface area (Å²) in [4.78, 5) is 11.8. The summed E-state index contributed by atoms with van der Waals surface area (Å²) in [6, 6.07) is 9.85. The van der Waals surface area contributed by atoms with E-state index in [0.29, 0.717) is 10.1 Å². The molecule has 0 aliphatic carbocycles. The third kappa shape index (κ3) is 5.70. The summed E-state index contributed by atoms with van der Waals surface area (Å²) in [5.74, 6) is 0.441. The lowest BCUT2D eigenvalue weighted by atomic mass is 10.1. The van der Waals surface area contributed by atoms with Crippen molar-refractivity contribution in [1.82, 2.24) is 5.01 Å². The molecule has 25 heavy (non-hydrogen) atoms. The van der Waals surface area contributed by atoms with Crippen molar-refractivity contribution in [3.05, 3.63) is 35.9 Å². The van der Waals surface area contributed by atoms with Gasteiger partial charge in [-0.2, -0.15) is 5.10 Å². The minimum absolute atomic E-state index is 0.0291. The molecule has 7 nitrogen and oxygen atoms in total. The number of aliphatic hydroxyl groups is 4. The molecule has 0 fully saturated rings. The molecule has 0 spiro atoms. The number of aliphatic hydroxyl groups excluding tert-OH is 4. The molecule has 4 atom stereocenters. The zero-order valence-corrected chi connectivity index (χ0v) is 15.4. The van der Waals surface area contributed by atoms with E-state index in [1.165, 1.54) is 35.5 Å². The largest absolute Gasteiger partial charge is 0.394 e. The number of nitrogens with zero attached hydrogens (tertiary/aromatic N) is 2. The van der Waals surface area contributed by atoms with Crippen LogP contribution in [0.2, 0.25) is 0 Å². The average Bonchev–Trinajstić information content (AvgIpc) is 3.02. The summed E-state index contributed by atoms with van der Waals surface area (Å²) < 4.78 is 0.702. The molecule has 1 aliphatic heterocycles. The molecule has 1 aromatic carbocycles. The van der Waals surface area contributed by atoms with Gasteiger partial charge in [0.15, 0.2) is 4.38 Å². The van der Waals surface area contributed by atoms with E-state index >= 15 is 0 Å². The Morgan fingerprint density at radius 2 is 1.96 bits per heavy atom. The molecule has 0 aromatic heterocycles. The summed E-state index contributed by atoms with van der Waals surface area (Å²) >= 11 is 2.83. The number of hydrazone groups is 1.